The number of aromatic nitrogens is 4. The predicted octanol–water partition coefficient (Wildman–Crippen LogP) is 4.60. The summed E-state index contributed by atoms with van der Waals surface area (Å²) in [6.07, 6.45) is 4.78. The predicted molar refractivity (Wildman–Crippen MR) is 151 cm³/mol. The Labute approximate surface area is 241 Å². The molecule has 5 rings (SSSR count). The number of hydrogen-bond acceptors (Lipinski definition) is 9. The Morgan fingerprint density at radius 1 is 1.24 bits per heavy atom. The van der Waals surface area contributed by atoms with E-state index in [-0.39, 0.29) is 46.2 Å². The Morgan fingerprint density at radius 3 is 2.69 bits per heavy atom. The van der Waals surface area contributed by atoms with Crippen LogP contribution in [0.5, 0.6) is 0 Å². The third-order valence-electron chi connectivity index (χ3n) is 7.69. The number of benzene rings is 1. The zero-order chi connectivity index (χ0) is 30.2. The summed E-state index contributed by atoms with van der Waals surface area (Å²) in [7, 11) is -4.13. The monoisotopic (exact) mass is 599 g/mol. The number of anilines is 1. The van der Waals surface area contributed by atoms with Gasteiger partial charge in [0.1, 0.15) is 5.82 Å². The van der Waals surface area contributed by atoms with E-state index in [2.05, 4.69) is 20.3 Å². The Morgan fingerprint density at radius 2 is 1.98 bits per heavy atom. The number of nitrogens with zero attached hydrogens (tertiary/aromatic N) is 4. The number of nitrogens with one attached hydrogen (secondary N) is 1. The van der Waals surface area contributed by atoms with Gasteiger partial charge in [0.25, 0.3) is 10.0 Å². The maximum atomic E-state index is 14.9. The van der Waals surface area contributed by atoms with Crippen LogP contribution in [0.15, 0.2) is 53.8 Å². The number of pyridine rings is 1. The van der Waals surface area contributed by atoms with Crippen LogP contribution in [-0.4, -0.2) is 56.7 Å². The fourth-order valence-electron chi connectivity index (χ4n) is 5.32. The number of carbonyl (C=O) groups is 1. The molecule has 1 saturated carbocycles. The van der Waals surface area contributed by atoms with Crippen LogP contribution in [0, 0.1) is 24.5 Å². The summed E-state index contributed by atoms with van der Waals surface area (Å²) in [6, 6.07) is 6.94. The van der Waals surface area contributed by atoms with E-state index < -0.39 is 45.2 Å². The maximum Gasteiger partial charge on any atom is 0.311 e. The zero-order valence-corrected chi connectivity index (χ0v) is 24.2. The summed E-state index contributed by atoms with van der Waals surface area (Å²) in [6.45, 7) is 5.32. The molecule has 222 valence electrons. The molecule has 1 fully saturated rings. The summed E-state index contributed by atoms with van der Waals surface area (Å²) < 4.78 is 62.3. The summed E-state index contributed by atoms with van der Waals surface area (Å²) in [5.74, 6) is -2.99. The average Bonchev–Trinajstić information content (AvgIpc) is 3.34. The van der Waals surface area contributed by atoms with Gasteiger partial charge in [0.15, 0.2) is 23.1 Å². The summed E-state index contributed by atoms with van der Waals surface area (Å²) >= 11 is 0. The Hall–Kier alpha value is -3.97. The Balaban J connectivity index is 1.50. The molecule has 2 N–H and O–H groups in total. The molecule has 1 aliphatic rings. The number of esters is 1. The van der Waals surface area contributed by atoms with Crippen molar-refractivity contribution < 1.29 is 31.8 Å². The smallest absolute Gasteiger partial charge is 0.311 e. The third kappa shape index (κ3) is 5.58. The molecule has 1 aliphatic carbocycles. The summed E-state index contributed by atoms with van der Waals surface area (Å²) in [5.41, 5.74) is -0.389. The minimum absolute atomic E-state index is 0.00638. The van der Waals surface area contributed by atoms with Gasteiger partial charge in [0.05, 0.1) is 35.4 Å². The lowest BCUT2D eigenvalue weighted by molar-refractivity contribution is -0.159. The summed E-state index contributed by atoms with van der Waals surface area (Å²) in [4.78, 5) is 24.7. The highest BCUT2D eigenvalue weighted by molar-refractivity contribution is 7.90. The van der Waals surface area contributed by atoms with E-state index in [0.29, 0.717) is 19.3 Å². The topological polar surface area (TPSA) is 136 Å². The lowest BCUT2D eigenvalue weighted by atomic mass is 9.74. The molecule has 3 heterocycles. The highest BCUT2D eigenvalue weighted by Gasteiger charge is 2.43. The third-order valence-corrected chi connectivity index (χ3v) is 9.35. The Bertz CT molecular complexity index is 1750. The number of aryl methyl sites for hydroxylation is 1. The molecule has 4 aromatic rings. The van der Waals surface area contributed by atoms with E-state index in [0.717, 1.165) is 28.0 Å². The van der Waals surface area contributed by atoms with Crippen molar-refractivity contribution in [3.8, 4) is 11.4 Å². The van der Waals surface area contributed by atoms with Gasteiger partial charge in [0, 0.05) is 23.2 Å². The number of hydrogen-bond donors (Lipinski definition) is 2. The van der Waals surface area contributed by atoms with Gasteiger partial charge in [0.2, 0.25) is 0 Å². The van der Waals surface area contributed by atoms with Crippen LogP contribution in [0.3, 0.4) is 0 Å². The molecule has 0 aliphatic heterocycles. The van der Waals surface area contributed by atoms with Gasteiger partial charge in [-0.05, 0) is 64.7 Å². The minimum atomic E-state index is -4.13. The van der Waals surface area contributed by atoms with Crippen molar-refractivity contribution in [1.82, 2.24) is 18.9 Å². The molecule has 0 saturated heterocycles. The molecule has 0 spiro atoms. The van der Waals surface area contributed by atoms with Gasteiger partial charge in [-0.1, -0.05) is 17.7 Å². The standard InChI is InChI=1S/C29H31F2N5O5S/c1-4-41-28(37)18(3)29(38)11-5-6-20(13-29)34-26-24(31)15-32-25(35-26)23-16-36(27-22(23)12-19(30)14-33-27)42(39,40)21-9-7-17(2)8-10-21/h7-10,12,14-16,18,20,38H,4-6,11,13H2,1-3H3,(H,32,34,35)/t18?,20-,29+/m0/s1. The largest absolute Gasteiger partial charge is 0.466 e. The fraction of sp³-hybridized carbons (Fsp3) is 0.379. The van der Waals surface area contributed by atoms with E-state index in [1.54, 1.807) is 26.0 Å². The van der Waals surface area contributed by atoms with Crippen LogP contribution in [0.1, 0.15) is 45.1 Å². The highest BCUT2D eigenvalue weighted by atomic mass is 32.2. The number of ether oxygens (including phenoxy) is 1. The molecule has 42 heavy (non-hydrogen) atoms. The van der Waals surface area contributed by atoms with E-state index in [1.165, 1.54) is 18.3 Å². The first kappa shape index (κ1) is 29.5. The van der Waals surface area contributed by atoms with Crippen LogP contribution < -0.4 is 5.32 Å². The number of rotatable bonds is 8. The molecule has 0 radical (unpaired) electrons. The van der Waals surface area contributed by atoms with Gasteiger partial charge < -0.3 is 15.2 Å². The second-order valence-electron chi connectivity index (χ2n) is 10.6. The van der Waals surface area contributed by atoms with E-state index in [9.17, 15) is 27.1 Å². The maximum absolute atomic E-state index is 14.9. The van der Waals surface area contributed by atoms with Crippen LogP contribution in [0.2, 0.25) is 0 Å². The van der Waals surface area contributed by atoms with Crippen LogP contribution in [0.25, 0.3) is 22.4 Å². The number of aliphatic hydroxyl groups is 1. The van der Waals surface area contributed by atoms with Crippen LogP contribution in [-0.2, 0) is 19.6 Å². The van der Waals surface area contributed by atoms with Gasteiger partial charge in [-0.15, -0.1) is 0 Å². The van der Waals surface area contributed by atoms with Crippen LogP contribution >= 0.6 is 0 Å². The van der Waals surface area contributed by atoms with Crippen molar-refractivity contribution in [3.63, 3.8) is 0 Å². The Kier molecular flexibility index (Phi) is 7.99. The molecule has 0 bridgehead atoms. The number of fused-ring (bicyclic) bond motifs is 1. The molecule has 1 aromatic carbocycles. The molecular formula is C29H31F2N5O5S. The first-order chi connectivity index (χ1) is 19.9. The molecule has 10 nitrogen and oxygen atoms in total. The average molecular weight is 600 g/mol. The summed E-state index contributed by atoms with van der Waals surface area (Å²) in [5, 5.41) is 14.4. The van der Waals surface area contributed by atoms with Crippen molar-refractivity contribution in [2.75, 3.05) is 11.9 Å². The van der Waals surface area contributed by atoms with E-state index in [4.69, 9.17) is 4.74 Å². The molecular weight excluding hydrogens is 568 g/mol. The first-order valence-corrected chi connectivity index (χ1v) is 15.0. The fourth-order valence-corrected chi connectivity index (χ4v) is 6.64. The van der Waals surface area contributed by atoms with Gasteiger partial charge in [-0.2, -0.15) is 0 Å². The number of carbonyl (C=O) groups excluding carboxylic acids is 1. The van der Waals surface area contributed by atoms with Crippen LogP contribution in [0.4, 0.5) is 14.6 Å². The molecule has 0 amide bonds. The molecule has 1 unspecified atom stereocenters. The van der Waals surface area contributed by atoms with Gasteiger partial charge in [-0.3, -0.25) is 4.79 Å². The van der Waals surface area contributed by atoms with E-state index in [1.807, 2.05) is 6.92 Å². The van der Waals surface area contributed by atoms with Crippen molar-refractivity contribution in [1.29, 1.82) is 0 Å². The molecule has 3 aromatic heterocycles. The van der Waals surface area contributed by atoms with Crippen molar-refractivity contribution in [2.45, 2.75) is 63.0 Å². The first-order valence-electron chi connectivity index (χ1n) is 13.6. The quantitative estimate of drug-likeness (QED) is 0.279. The molecule has 3 atom stereocenters. The van der Waals surface area contributed by atoms with Crippen molar-refractivity contribution >= 4 is 32.8 Å². The van der Waals surface area contributed by atoms with Gasteiger partial charge in [-0.25, -0.2) is 36.1 Å². The minimum Gasteiger partial charge on any atom is -0.466 e. The lowest BCUT2D eigenvalue weighted by Crippen LogP contribution is -2.48. The second kappa shape index (κ2) is 11.4. The SMILES string of the molecule is CCOC(=O)C(C)[C@@]1(O)CCC[C@H](Nc2nc(-c3cn(S(=O)(=O)c4ccc(C)cc4)c4ncc(F)cc34)ncc2F)C1. The second-order valence-corrected chi connectivity index (χ2v) is 12.4. The number of halogens is 2. The van der Waals surface area contributed by atoms with Crippen molar-refractivity contribution in [2.24, 2.45) is 5.92 Å². The van der Waals surface area contributed by atoms with Crippen molar-refractivity contribution in [3.05, 3.63) is 66.1 Å². The lowest BCUT2D eigenvalue weighted by Gasteiger charge is -2.40. The van der Waals surface area contributed by atoms with E-state index >= 15 is 0 Å². The molecule has 13 heteroatoms. The van der Waals surface area contributed by atoms with Gasteiger partial charge >= 0.3 is 5.97 Å². The zero-order valence-electron chi connectivity index (χ0n) is 23.3. The highest BCUT2D eigenvalue weighted by Crippen LogP contribution is 2.37. The normalized spacial score (nSPS) is 19.9.